The van der Waals surface area contributed by atoms with Crippen molar-refractivity contribution in [3.63, 3.8) is 0 Å². The molecule has 4 N–H and O–H groups in total. The first-order valence-corrected chi connectivity index (χ1v) is 6.12. The molecule has 106 valence electrons. The van der Waals surface area contributed by atoms with Gasteiger partial charge in [-0.05, 0) is 26.2 Å². The number of oxime groups is 2. The highest BCUT2D eigenvalue weighted by atomic mass is 16.4. The average Bonchev–Trinajstić information content (AvgIpc) is 2.34. The van der Waals surface area contributed by atoms with E-state index in [4.69, 9.17) is 10.4 Å². The van der Waals surface area contributed by atoms with Gasteiger partial charge in [0.05, 0.1) is 11.4 Å². The summed E-state index contributed by atoms with van der Waals surface area (Å²) in [5, 5.41) is 30.0. The molecule has 0 amide bonds. The van der Waals surface area contributed by atoms with Gasteiger partial charge in [-0.2, -0.15) is 0 Å². The minimum atomic E-state index is 0.0509. The Kier molecular flexibility index (Phi) is 7.54. The zero-order chi connectivity index (χ0) is 14.2. The Morgan fingerprint density at radius 1 is 1.17 bits per heavy atom. The van der Waals surface area contributed by atoms with Crippen molar-refractivity contribution in [2.75, 3.05) is 19.6 Å². The molecule has 0 radical (unpaired) electrons. The monoisotopic (exact) mass is 258 g/mol. The molecule has 18 heavy (non-hydrogen) atoms. The maximum Gasteiger partial charge on any atom is 0.0706 e. The lowest BCUT2D eigenvalue weighted by atomic mass is 9.93. The van der Waals surface area contributed by atoms with Crippen LogP contribution in [0.3, 0.4) is 0 Å². The summed E-state index contributed by atoms with van der Waals surface area (Å²) in [7, 11) is 0. The van der Waals surface area contributed by atoms with Crippen LogP contribution in [0.5, 0.6) is 0 Å². The van der Waals surface area contributed by atoms with E-state index in [9.17, 15) is 0 Å². The standard InChI is InChI=1S/C12H26N4O2/c1-9(15-17)6-13-7-12(4,5)8-14-10(2)11(3)16-18/h10,13-14,17-18H,6-8H2,1-5H3/b15-9+,16-11+/t10-/m0/s1. The van der Waals surface area contributed by atoms with Crippen LogP contribution in [-0.4, -0.2) is 47.5 Å². The molecule has 0 aromatic heterocycles. The molecule has 0 aromatic rings. The van der Waals surface area contributed by atoms with Crippen LogP contribution in [0.1, 0.15) is 34.6 Å². The zero-order valence-corrected chi connectivity index (χ0v) is 12.0. The molecule has 0 aliphatic carbocycles. The number of rotatable bonds is 8. The van der Waals surface area contributed by atoms with E-state index >= 15 is 0 Å². The average molecular weight is 258 g/mol. The molecule has 0 aliphatic rings. The van der Waals surface area contributed by atoms with Crippen molar-refractivity contribution in [3.05, 3.63) is 0 Å². The van der Waals surface area contributed by atoms with Crippen molar-refractivity contribution < 1.29 is 10.4 Å². The lowest BCUT2D eigenvalue weighted by molar-refractivity contribution is 0.305. The molecular formula is C12H26N4O2. The van der Waals surface area contributed by atoms with Crippen molar-refractivity contribution in [2.45, 2.75) is 40.7 Å². The summed E-state index contributed by atoms with van der Waals surface area (Å²) < 4.78 is 0. The third-order valence-corrected chi connectivity index (χ3v) is 2.83. The topological polar surface area (TPSA) is 89.2 Å². The second-order valence-electron chi connectivity index (χ2n) is 5.45. The molecule has 1 atom stereocenters. The summed E-state index contributed by atoms with van der Waals surface area (Å²) in [5.74, 6) is 0. The fourth-order valence-electron chi connectivity index (χ4n) is 1.34. The smallest absolute Gasteiger partial charge is 0.0706 e. The predicted molar refractivity (Wildman–Crippen MR) is 73.9 cm³/mol. The molecule has 0 spiro atoms. The van der Waals surface area contributed by atoms with Gasteiger partial charge in [0.15, 0.2) is 0 Å². The number of nitrogens with one attached hydrogen (secondary N) is 2. The molecule has 0 saturated heterocycles. The van der Waals surface area contributed by atoms with Crippen molar-refractivity contribution in [1.82, 2.24) is 10.6 Å². The molecule has 6 nitrogen and oxygen atoms in total. The summed E-state index contributed by atoms with van der Waals surface area (Å²) in [6.45, 7) is 11.9. The van der Waals surface area contributed by atoms with Crippen LogP contribution in [-0.2, 0) is 0 Å². The van der Waals surface area contributed by atoms with E-state index < -0.39 is 0 Å². The number of nitrogens with zero attached hydrogens (tertiary/aromatic N) is 2. The van der Waals surface area contributed by atoms with Crippen molar-refractivity contribution >= 4 is 11.4 Å². The summed E-state index contributed by atoms with van der Waals surface area (Å²) in [4.78, 5) is 0. The third-order valence-electron chi connectivity index (χ3n) is 2.83. The fraction of sp³-hybridized carbons (Fsp3) is 0.833. The van der Waals surface area contributed by atoms with Crippen molar-refractivity contribution in [3.8, 4) is 0 Å². The van der Waals surface area contributed by atoms with E-state index in [1.807, 2.05) is 6.92 Å². The zero-order valence-electron chi connectivity index (χ0n) is 12.0. The molecule has 0 unspecified atom stereocenters. The van der Waals surface area contributed by atoms with Gasteiger partial charge >= 0.3 is 0 Å². The Morgan fingerprint density at radius 2 is 1.78 bits per heavy atom. The summed E-state index contributed by atoms with van der Waals surface area (Å²) >= 11 is 0. The Balaban J connectivity index is 4.00. The van der Waals surface area contributed by atoms with E-state index in [0.29, 0.717) is 18.0 Å². The molecule has 0 fully saturated rings. The maximum absolute atomic E-state index is 8.66. The molecule has 0 aliphatic heterocycles. The van der Waals surface area contributed by atoms with Gasteiger partial charge in [0.1, 0.15) is 0 Å². The van der Waals surface area contributed by atoms with Gasteiger partial charge in [-0.3, -0.25) is 0 Å². The van der Waals surface area contributed by atoms with Crippen LogP contribution in [0.25, 0.3) is 0 Å². The van der Waals surface area contributed by atoms with Gasteiger partial charge in [-0.25, -0.2) is 0 Å². The lowest BCUT2D eigenvalue weighted by Gasteiger charge is -2.27. The van der Waals surface area contributed by atoms with Gasteiger partial charge in [0.25, 0.3) is 0 Å². The van der Waals surface area contributed by atoms with Gasteiger partial charge in [0, 0.05) is 25.7 Å². The second kappa shape index (κ2) is 8.05. The van der Waals surface area contributed by atoms with Gasteiger partial charge in [0.2, 0.25) is 0 Å². The largest absolute Gasteiger partial charge is 0.411 e. The lowest BCUT2D eigenvalue weighted by Crippen LogP contribution is -2.43. The third kappa shape index (κ3) is 7.24. The molecular weight excluding hydrogens is 232 g/mol. The predicted octanol–water partition coefficient (Wildman–Crippen LogP) is 1.28. The van der Waals surface area contributed by atoms with E-state index in [-0.39, 0.29) is 11.5 Å². The first-order valence-electron chi connectivity index (χ1n) is 6.12. The highest BCUT2D eigenvalue weighted by Crippen LogP contribution is 2.12. The molecule has 0 saturated carbocycles. The highest BCUT2D eigenvalue weighted by Gasteiger charge is 2.19. The van der Waals surface area contributed by atoms with E-state index in [1.165, 1.54) is 0 Å². The Hall–Kier alpha value is -1.14. The van der Waals surface area contributed by atoms with Gasteiger partial charge < -0.3 is 21.0 Å². The van der Waals surface area contributed by atoms with E-state index in [2.05, 4.69) is 34.8 Å². The first kappa shape index (κ1) is 16.9. The van der Waals surface area contributed by atoms with E-state index in [1.54, 1.807) is 13.8 Å². The molecule has 0 aromatic carbocycles. The summed E-state index contributed by atoms with van der Waals surface area (Å²) in [6, 6.07) is 0.0509. The number of hydrogen-bond acceptors (Lipinski definition) is 6. The van der Waals surface area contributed by atoms with Crippen molar-refractivity contribution in [1.29, 1.82) is 0 Å². The quantitative estimate of drug-likeness (QED) is 0.300. The van der Waals surface area contributed by atoms with Gasteiger partial charge in [-0.15, -0.1) is 0 Å². The molecule has 0 rings (SSSR count). The Bertz CT molecular complexity index is 300. The van der Waals surface area contributed by atoms with Crippen molar-refractivity contribution in [2.24, 2.45) is 15.7 Å². The van der Waals surface area contributed by atoms with Crippen LogP contribution in [0.4, 0.5) is 0 Å². The molecule has 0 bridgehead atoms. The Morgan fingerprint density at radius 3 is 2.28 bits per heavy atom. The van der Waals surface area contributed by atoms with Crippen LogP contribution in [0.2, 0.25) is 0 Å². The Labute approximate surface area is 109 Å². The SMILES string of the molecule is C/C(CNCC(C)(C)CN[C@@H](C)/C(C)=N/O)=N\O. The molecule has 6 heteroatoms. The summed E-state index contributed by atoms with van der Waals surface area (Å²) in [5.41, 5.74) is 1.39. The highest BCUT2D eigenvalue weighted by molar-refractivity contribution is 5.86. The van der Waals surface area contributed by atoms with Gasteiger partial charge in [-0.1, -0.05) is 24.2 Å². The van der Waals surface area contributed by atoms with Crippen LogP contribution < -0.4 is 10.6 Å². The second-order valence-corrected chi connectivity index (χ2v) is 5.45. The fourth-order valence-corrected chi connectivity index (χ4v) is 1.34. The minimum Gasteiger partial charge on any atom is -0.411 e. The van der Waals surface area contributed by atoms with E-state index in [0.717, 1.165) is 13.1 Å². The number of hydrogen-bond donors (Lipinski definition) is 4. The van der Waals surface area contributed by atoms with Crippen LogP contribution in [0.15, 0.2) is 10.3 Å². The van der Waals surface area contributed by atoms with Crippen LogP contribution >= 0.6 is 0 Å². The first-order chi connectivity index (χ1) is 8.32. The maximum atomic E-state index is 8.66. The normalized spacial score (nSPS) is 15.8. The summed E-state index contributed by atoms with van der Waals surface area (Å²) in [6.07, 6.45) is 0. The molecule has 0 heterocycles. The van der Waals surface area contributed by atoms with Crippen LogP contribution in [0, 0.1) is 5.41 Å². The minimum absolute atomic E-state index is 0.0509.